The van der Waals surface area contributed by atoms with Gasteiger partial charge in [-0.25, -0.2) is 14.8 Å². The largest absolute Gasteiger partial charge is 0.453 e. The molecule has 3 aromatic carbocycles. The summed E-state index contributed by atoms with van der Waals surface area (Å²) >= 11 is 0. The fraction of sp³-hybridized carbons (Fsp3) is 0.455. The topological polar surface area (TPSA) is 186 Å². The van der Waals surface area contributed by atoms with Crippen LogP contribution in [0.2, 0.25) is 19.1 Å². The first-order valence-corrected chi connectivity index (χ1v) is 24.0. The van der Waals surface area contributed by atoms with Crippen molar-refractivity contribution in [1.29, 1.82) is 0 Å². The number of aliphatic hydroxyl groups excluding tert-OH is 1. The summed E-state index contributed by atoms with van der Waals surface area (Å²) in [5.41, 5.74) is 5.72. The third-order valence-electron chi connectivity index (χ3n) is 12.4. The van der Waals surface area contributed by atoms with Crippen LogP contribution in [0.3, 0.4) is 0 Å². The van der Waals surface area contributed by atoms with E-state index in [2.05, 4.69) is 82.2 Å². The molecule has 0 radical (unpaired) electrons. The molecule has 0 bridgehead atoms. The van der Waals surface area contributed by atoms with Gasteiger partial charge in [-0.05, 0) is 70.8 Å². The molecule has 5 N–H and O–H groups in total. The fourth-order valence-corrected chi connectivity index (χ4v) is 12.1. The number of rotatable bonds is 11. The number of imidazole rings is 2. The molecule has 14 nitrogen and oxygen atoms in total. The van der Waals surface area contributed by atoms with Gasteiger partial charge in [-0.3, -0.25) is 14.4 Å². The van der Waals surface area contributed by atoms with Gasteiger partial charge in [0.05, 0.1) is 50.2 Å². The molecule has 1 saturated carbocycles. The first-order valence-electron chi connectivity index (χ1n) is 20.6. The molecule has 2 aliphatic heterocycles. The van der Waals surface area contributed by atoms with Crippen molar-refractivity contribution in [1.82, 2.24) is 40.4 Å². The number of carbonyl (C=O) groups is 4. The Morgan fingerprint density at radius 1 is 0.864 bits per heavy atom. The number of hydrogen-bond acceptors (Lipinski definition) is 8. The van der Waals surface area contributed by atoms with Gasteiger partial charge in [0.1, 0.15) is 30.3 Å². The highest BCUT2D eigenvalue weighted by Crippen LogP contribution is 2.53. The molecule has 3 aliphatic rings. The van der Waals surface area contributed by atoms with E-state index in [0.717, 1.165) is 74.7 Å². The normalized spacial score (nSPS) is 21.9. The van der Waals surface area contributed by atoms with Gasteiger partial charge in [-0.2, -0.15) is 0 Å². The van der Waals surface area contributed by atoms with E-state index in [1.165, 1.54) is 7.11 Å². The average Bonchev–Trinajstić information content (AvgIpc) is 3.63. The lowest BCUT2D eigenvalue weighted by molar-refractivity contribution is -0.139. The van der Waals surface area contributed by atoms with Crippen molar-refractivity contribution >= 4 is 53.7 Å². The van der Waals surface area contributed by atoms with E-state index in [9.17, 15) is 24.3 Å². The third kappa shape index (κ3) is 7.73. The Kier molecular flexibility index (Phi) is 10.6. The fourth-order valence-electron chi connectivity index (χ4n) is 9.19. The summed E-state index contributed by atoms with van der Waals surface area (Å²) in [7, 11) is -0.492. The van der Waals surface area contributed by atoms with Crippen LogP contribution in [-0.2, 0) is 19.1 Å². The van der Waals surface area contributed by atoms with Crippen LogP contribution in [0.1, 0.15) is 64.3 Å². The number of piperidine rings is 1. The molecule has 6 atom stereocenters. The van der Waals surface area contributed by atoms with Crippen LogP contribution in [0.25, 0.3) is 44.2 Å². The zero-order valence-electron chi connectivity index (χ0n) is 34.7. The van der Waals surface area contributed by atoms with Crippen LogP contribution in [0.15, 0.2) is 60.8 Å². The van der Waals surface area contributed by atoms with E-state index in [4.69, 9.17) is 14.7 Å². The quantitative estimate of drug-likeness (QED) is 0.0993. The number of nitrogens with zero attached hydrogens (tertiary/aromatic N) is 4. The number of likely N-dealkylation sites (tertiary alicyclic amines) is 1. The SMILES string of the molecule is COC(=O)N[C@H](C(=O)N1[C@@H]2C[C@@H]2C[C@H]1c1ncc(-c2ccc(-c3ccc4c(ccc5[nH]c([C@@H]6C[Si](C)(C)CN6C(=O)[C@@H](NC(=O)CO)C(C)C)nc54)c3)cc2)[nH]1)C(C)C. The Labute approximate surface area is 344 Å². The molecule has 5 aromatic rings. The first-order chi connectivity index (χ1) is 28.2. The molecular formula is C44H54N8O6Si. The summed E-state index contributed by atoms with van der Waals surface area (Å²) in [6.07, 6.45) is 3.68. The number of fused-ring (bicyclic) bond motifs is 4. The first kappa shape index (κ1) is 40.2. The zero-order chi connectivity index (χ0) is 41.9. The number of aromatic nitrogens is 4. The van der Waals surface area contributed by atoms with Crippen LogP contribution in [-0.4, -0.2) is 105 Å². The van der Waals surface area contributed by atoms with Crippen molar-refractivity contribution in [3.63, 3.8) is 0 Å². The van der Waals surface area contributed by atoms with Gasteiger partial charge >= 0.3 is 6.09 Å². The standard InChI is InChI=1S/C44H54N8O6Si/c1-23(2)37(48-36(54)20-53)42(55)51-22-59(6,7)21-35(51)41-46-31-15-13-28-16-27(12-14-30(28)39(31)49-41)25-8-10-26(11-9-25)32-19-45-40(47-32)34-18-29-17-33(29)52(34)43(56)38(24(3)4)50-44(57)58-5/h8-16,19,23-24,29,33-35,37-38,53H,17-18,20-22H2,1-7H3,(H,45,47)(H,46,49)(H,48,54)(H,50,57)/t29-,33-,34+,35+,37+,38+/m1/s1. The van der Waals surface area contributed by atoms with Crippen molar-refractivity contribution < 1.29 is 29.0 Å². The second kappa shape index (κ2) is 15.6. The number of hydrogen-bond donors (Lipinski definition) is 5. The minimum absolute atomic E-state index is 0.103. The van der Waals surface area contributed by atoms with E-state index in [0.29, 0.717) is 12.1 Å². The number of H-pyrrole nitrogens is 2. The molecule has 2 aromatic heterocycles. The van der Waals surface area contributed by atoms with E-state index in [1.807, 2.05) is 49.8 Å². The van der Waals surface area contributed by atoms with Crippen molar-refractivity contribution in [3.05, 3.63) is 72.4 Å². The van der Waals surface area contributed by atoms with Crippen LogP contribution >= 0.6 is 0 Å². The number of methoxy groups -OCH3 is 1. The highest BCUT2D eigenvalue weighted by Gasteiger charge is 2.56. The molecular weight excluding hydrogens is 765 g/mol. The molecule has 8 rings (SSSR count). The summed E-state index contributed by atoms with van der Waals surface area (Å²) in [5.74, 6) is 0.874. The second-order valence-electron chi connectivity index (χ2n) is 18.0. The van der Waals surface area contributed by atoms with Gasteiger partial charge in [0.2, 0.25) is 17.7 Å². The lowest BCUT2D eigenvalue weighted by atomic mass is 9.99. The van der Waals surface area contributed by atoms with Crippen LogP contribution in [0, 0.1) is 17.8 Å². The highest BCUT2D eigenvalue weighted by molar-refractivity contribution is 6.78. The Bertz CT molecular complexity index is 2420. The lowest BCUT2D eigenvalue weighted by Gasteiger charge is -2.31. The Morgan fingerprint density at radius 3 is 2.25 bits per heavy atom. The van der Waals surface area contributed by atoms with E-state index >= 15 is 0 Å². The monoisotopic (exact) mass is 818 g/mol. The summed E-state index contributed by atoms with van der Waals surface area (Å²) in [6, 6.07) is 18.0. The number of benzene rings is 3. The summed E-state index contributed by atoms with van der Waals surface area (Å²) in [4.78, 5) is 72.7. The van der Waals surface area contributed by atoms with E-state index in [1.54, 1.807) is 0 Å². The molecule has 0 spiro atoms. The van der Waals surface area contributed by atoms with Crippen LogP contribution < -0.4 is 10.6 Å². The second-order valence-corrected chi connectivity index (χ2v) is 23.0. The predicted molar refractivity (Wildman–Crippen MR) is 227 cm³/mol. The maximum absolute atomic E-state index is 14.0. The third-order valence-corrected chi connectivity index (χ3v) is 15.1. The molecule has 15 heteroatoms. The van der Waals surface area contributed by atoms with Crippen LogP contribution in [0.5, 0.6) is 0 Å². The van der Waals surface area contributed by atoms with Gasteiger partial charge in [0, 0.05) is 17.6 Å². The molecule has 4 amide bonds. The molecule has 59 heavy (non-hydrogen) atoms. The van der Waals surface area contributed by atoms with Gasteiger partial charge in [0.25, 0.3) is 0 Å². The van der Waals surface area contributed by atoms with Crippen molar-refractivity contribution in [3.8, 4) is 22.4 Å². The summed E-state index contributed by atoms with van der Waals surface area (Å²) in [6.45, 7) is 11.5. The Hall–Kier alpha value is -5.54. The number of aliphatic hydroxyl groups is 1. The summed E-state index contributed by atoms with van der Waals surface area (Å²) < 4.78 is 4.80. The molecule has 2 saturated heterocycles. The molecule has 310 valence electrons. The van der Waals surface area contributed by atoms with Crippen molar-refractivity contribution in [2.75, 3.05) is 19.9 Å². The zero-order valence-corrected chi connectivity index (χ0v) is 35.7. The number of ether oxygens (including phenoxy) is 1. The van der Waals surface area contributed by atoms with E-state index < -0.39 is 38.8 Å². The van der Waals surface area contributed by atoms with Crippen molar-refractivity contribution in [2.45, 2.75) is 89.9 Å². The number of amides is 4. The minimum atomic E-state index is -1.79. The molecule has 1 aliphatic carbocycles. The molecule has 3 fully saturated rings. The number of carbonyl (C=O) groups excluding carboxylic acids is 4. The lowest BCUT2D eigenvalue weighted by Crippen LogP contribution is -2.52. The van der Waals surface area contributed by atoms with Gasteiger partial charge in [-0.15, -0.1) is 0 Å². The predicted octanol–water partition coefficient (Wildman–Crippen LogP) is 6.08. The maximum atomic E-state index is 14.0. The maximum Gasteiger partial charge on any atom is 0.407 e. The number of aromatic amines is 2. The minimum Gasteiger partial charge on any atom is -0.453 e. The van der Waals surface area contributed by atoms with E-state index in [-0.39, 0.29) is 41.8 Å². The summed E-state index contributed by atoms with van der Waals surface area (Å²) in [5, 5.41) is 16.9. The van der Waals surface area contributed by atoms with Crippen LogP contribution in [0.4, 0.5) is 4.79 Å². The van der Waals surface area contributed by atoms with Gasteiger partial charge < -0.3 is 40.2 Å². The smallest absolute Gasteiger partial charge is 0.407 e. The molecule has 0 unspecified atom stereocenters. The highest BCUT2D eigenvalue weighted by atomic mass is 28.3. The number of nitrogens with one attached hydrogen (secondary N) is 4. The Balaban J connectivity index is 1.00. The van der Waals surface area contributed by atoms with Gasteiger partial charge in [-0.1, -0.05) is 83.3 Å². The Morgan fingerprint density at radius 2 is 1.56 bits per heavy atom. The van der Waals surface area contributed by atoms with Gasteiger partial charge in [0.15, 0.2) is 0 Å². The average molecular weight is 819 g/mol. The molecule has 4 heterocycles. The number of alkyl carbamates (subject to hydrolysis) is 1. The van der Waals surface area contributed by atoms with Crippen molar-refractivity contribution in [2.24, 2.45) is 17.8 Å².